The fourth-order valence-electron chi connectivity index (χ4n) is 4.78. The second-order valence-electron chi connectivity index (χ2n) is 9.51. The van der Waals surface area contributed by atoms with Gasteiger partial charge >= 0.3 is 5.09 Å². The highest BCUT2D eigenvalue weighted by molar-refractivity contribution is 7.89. The molecule has 13 heteroatoms. The van der Waals surface area contributed by atoms with Crippen LogP contribution in [0.25, 0.3) is 22.4 Å². The molecular weight excluding hydrogens is 514 g/mol. The summed E-state index contributed by atoms with van der Waals surface area (Å²) in [6, 6.07) is 4.61. The summed E-state index contributed by atoms with van der Waals surface area (Å²) in [6.45, 7) is 4.95. The molecule has 3 heterocycles. The minimum absolute atomic E-state index is 0.0164. The van der Waals surface area contributed by atoms with Gasteiger partial charge in [-0.3, -0.25) is 4.79 Å². The third-order valence-corrected chi connectivity index (χ3v) is 8.62. The predicted molar refractivity (Wildman–Crippen MR) is 139 cm³/mol. The summed E-state index contributed by atoms with van der Waals surface area (Å²) in [5.74, 6) is 0.633. The van der Waals surface area contributed by atoms with Gasteiger partial charge in [0.1, 0.15) is 22.0 Å². The number of H-pyrrole nitrogens is 1. The molecule has 0 spiro atoms. The first-order valence-corrected chi connectivity index (χ1v) is 14.2. The highest BCUT2D eigenvalue weighted by Gasteiger charge is 2.31. The minimum atomic E-state index is -3.86. The van der Waals surface area contributed by atoms with Gasteiger partial charge in [-0.1, -0.05) is 20.3 Å². The van der Waals surface area contributed by atoms with E-state index in [1.54, 1.807) is 17.7 Å². The Morgan fingerprint density at radius 1 is 1.21 bits per heavy atom. The lowest BCUT2D eigenvalue weighted by molar-refractivity contribution is -0.976. The molecule has 3 aromatic rings. The van der Waals surface area contributed by atoms with Crippen LogP contribution < -0.4 is 10.3 Å². The number of benzene rings is 1. The number of sulfonamides is 1. The maximum Gasteiger partial charge on any atom is 0.475 e. The van der Waals surface area contributed by atoms with E-state index in [-0.39, 0.29) is 41.9 Å². The number of nitrogens with zero attached hydrogens (tertiary/aromatic N) is 4. The first-order valence-electron chi connectivity index (χ1n) is 12.8. The molecule has 0 aliphatic carbocycles. The highest BCUT2D eigenvalue weighted by atomic mass is 32.2. The van der Waals surface area contributed by atoms with E-state index < -0.39 is 15.1 Å². The zero-order valence-electron chi connectivity index (χ0n) is 21.8. The number of aryl methyl sites for hydroxylation is 2. The Kier molecular flexibility index (Phi) is 8.36. The number of piperidine rings is 1. The molecule has 1 aromatic carbocycles. The maximum atomic E-state index is 13.6. The zero-order valence-corrected chi connectivity index (χ0v) is 22.7. The molecular formula is C25H34N5O7S+. The fourth-order valence-corrected chi connectivity index (χ4v) is 6.28. The molecule has 0 bridgehead atoms. The summed E-state index contributed by atoms with van der Waals surface area (Å²) in [7, 11) is -2.06. The van der Waals surface area contributed by atoms with E-state index in [1.807, 2.05) is 13.1 Å². The lowest BCUT2D eigenvalue weighted by atomic mass is 9.99. The van der Waals surface area contributed by atoms with E-state index in [1.165, 1.54) is 16.4 Å². The van der Waals surface area contributed by atoms with Crippen molar-refractivity contribution in [2.45, 2.75) is 50.8 Å². The Bertz CT molecular complexity index is 1470. The number of hydrogen-bond acceptors (Lipinski definition) is 7. The molecule has 2 N–H and O–H groups in total. The van der Waals surface area contributed by atoms with Gasteiger partial charge in [-0.15, -0.1) is 0 Å². The van der Waals surface area contributed by atoms with Crippen molar-refractivity contribution in [2.75, 3.05) is 26.3 Å². The van der Waals surface area contributed by atoms with Crippen LogP contribution in [0.2, 0.25) is 0 Å². The van der Waals surface area contributed by atoms with Gasteiger partial charge in [-0.25, -0.2) is 18.6 Å². The summed E-state index contributed by atoms with van der Waals surface area (Å²) in [5.41, 5.74) is 2.09. The molecule has 0 amide bonds. The molecule has 1 aliphatic rings. The summed E-state index contributed by atoms with van der Waals surface area (Å²) < 4.78 is 36.2. The van der Waals surface area contributed by atoms with Crippen LogP contribution in [0.15, 0.2) is 34.1 Å². The van der Waals surface area contributed by atoms with E-state index in [0.717, 1.165) is 24.8 Å². The summed E-state index contributed by atoms with van der Waals surface area (Å²) in [4.78, 5) is 35.9. The molecule has 4 rings (SSSR count). The molecule has 1 saturated heterocycles. The Labute approximate surface area is 220 Å². The number of aromatic amines is 1. The third-order valence-electron chi connectivity index (χ3n) is 6.72. The topological polar surface area (TPSA) is 147 Å². The molecule has 206 valence electrons. The predicted octanol–water partition coefficient (Wildman–Crippen LogP) is 3.17. The average molecular weight is 549 g/mol. The first-order chi connectivity index (χ1) is 18.1. The molecule has 0 saturated carbocycles. The largest absolute Gasteiger partial charge is 0.493 e. The average Bonchev–Trinajstić information content (AvgIpc) is 3.21. The van der Waals surface area contributed by atoms with Crippen LogP contribution >= 0.6 is 0 Å². The molecule has 38 heavy (non-hydrogen) atoms. The van der Waals surface area contributed by atoms with Crippen molar-refractivity contribution in [1.29, 1.82) is 0 Å². The van der Waals surface area contributed by atoms with Gasteiger partial charge in [0.25, 0.3) is 5.56 Å². The van der Waals surface area contributed by atoms with Crippen molar-refractivity contribution >= 4 is 21.1 Å². The van der Waals surface area contributed by atoms with E-state index in [9.17, 15) is 18.1 Å². The van der Waals surface area contributed by atoms with Crippen molar-refractivity contribution in [2.24, 2.45) is 13.0 Å². The number of rotatable bonds is 11. The van der Waals surface area contributed by atoms with Crippen molar-refractivity contribution in [3.05, 3.63) is 45.2 Å². The number of nitrogens with one attached hydrogen (secondary N) is 1. The molecule has 2 aromatic heterocycles. The first kappa shape index (κ1) is 27.6. The molecule has 1 aliphatic heterocycles. The van der Waals surface area contributed by atoms with Crippen molar-refractivity contribution in [1.82, 2.24) is 18.8 Å². The third kappa shape index (κ3) is 5.68. The fraction of sp³-hybridized carbons (Fsp3) is 0.520. The van der Waals surface area contributed by atoms with Crippen LogP contribution in [-0.4, -0.2) is 63.9 Å². The number of hydrogen-bond donors (Lipinski definition) is 2. The van der Waals surface area contributed by atoms with Crippen LogP contribution in [0.3, 0.4) is 0 Å². The summed E-state index contributed by atoms with van der Waals surface area (Å²) in [6.07, 6.45) is 5.27. The number of fused-ring (bicyclic) bond motifs is 1. The van der Waals surface area contributed by atoms with Gasteiger partial charge < -0.3 is 14.3 Å². The van der Waals surface area contributed by atoms with Crippen molar-refractivity contribution in [3.8, 4) is 17.1 Å². The Balaban J connectivity index is 1.71. The van der Waals surface area contributed by atoms with Gasteiger partial charge in [0, 0.05) is 32.3 Å². The quantitative estimate of drug-likeness (QED) is 0.347. The highest BCUT2D eigenvalue weighted by Crippen LogP contribution is 2.33. The Hall–Kier alpha value is -3.45. The monoisotopic (exact) mass is 548 g/mol. The lowest BCUT2D eigenvalue weighted by Gasteiger charge is -2.30. The second-order valence-corrected chi connectivity index (χ2v) is 11.5. The summed E-state index contributed by atoms with van der Waals surface area (Å²) >= 11 is 0. The van der Waals surface area contributed by atoms with E-state index >= 15 is 0 Å². The van der Waals surface area contributed by atoms with Gasteiger partial charge in [-0.2, -0.15) is 9.14 Å². The van der Waals surface area contributed by atoms with E-state index in [2.05, 4.69) is 16.7 Å². The minimum Gasteiger partial charge on any atom is -0.493 e. The van der Waals surface area contributed by atoms with E-state index in [0.29, 0.717) is 41.8 Å². The molecule has 0 unspecified atom stereocenters. The SMILES string of the molecule is CCCOc1ccc(S(=O)(=O)N2CCC(CO[N+](=O)O)CC2)cc1-c1nc2c(CCC)cn(C)c2c(=O)[nH]1. The molecule has 0 radical (unpaired) electrons. The van der Waals surface area contributed by atoms with Gasteiger partial charge in [-0.05, 0) is 49.4 Å². The summed E-state index contributed by atoms with van der Waals surface area (Å²) in [5, 5.41) is 8.06. The standard InChI is InChI=1S/C25H33N5O7S/c1-4-6-18-15-28(3)23-22(18)26-24(27-25(23)31)20-14-19(7-8-21(20)36-13-5-2)38(34,35)29-11-9-17(10-12-29)16-37-30(32)33/h7-8,14-15,17H,4-6,9-13,16H2,1-3H3,(H-,26,27,31,32,33)/p+1. The maximum absolute atomic E-state index is 13.6. The normalized spacial score (nSPS) is 15.1. The van der Waals surface area contributed by atoms with Crippen LogP contribution in [0.1, 0.15) is 45.1 Å². The van der Waals surface area contributed by atoms with Crippen LogP contribution in [0.4, 0.5) is 0 Å². The van der Waals surface area contributed by atoms with Gasteiger partial charge in [0.2, 0.25) is 10.0 Å². The number of ether oxygens (including phenoxy) is 1. The number of aromatic nitrogens is 3. The lowest BCUT2D eigenvalue weighted by Crippen LogP contribution is -2.39. The van der Waals surface area contributed by atoms with E-state index in [4.69, 9.17) is 14.9 Å². The van der Waals surface area contributed by atoms with Crippen LogP contribution in [-0.2, 0) is 28.3 Å². The Morgan fingerprint density at radius 2 is 1.95 bits per heavy atom. The molecule has 1 fully saturated rings. The smallest absolute Gasteiger partial charge is 0.475 e. The van der Waals surface area contributed by atoms with Gasteiger partial charge in [0.05, 0.1) is 22.6 Å². The second kappa shape index (κ2) is 11.5. The Morgan fingerprint density at radius 3 is 2.61 bits per heavy atom. The van der Waals surface area contributed by atoms with Crippen molar-refractivity contribution < 1.29 is 28.3 Å². The van der Waals surface area contributed by atoms with Crippen LogP contribution in [0.5, 0.6) is 5.75 Å². The molecule has 0 atom stereocenters. The molecule has 12 nitrogen and oxygen atoms in total. The van der Waals surface area contributed by atoms with Crippen LogP contribution in [0, 0.1) is 10.8 Å². The van der Waals surface area contributed by atoms with Gasteiger partial charge in [0.15, 0.2) is 6.61 Å². The van der Waals surface area contributed by atoms with Crippen molar-refractivity contribution in [3.63, 3.8) is 0 Å². The zero-order chi connectivity index (χ0) is 27.4.